The fourth-order valence-corrected chi connectivity index (χ4v) is 3.00. The molecule has 0 aliphatic heterocycles. The fraction of sp³-hybridized carbons (Fsp3) is 0.500. The average Bonchev–Trinajstić information content (AvgIpc) is 2.90. The van der Waals surface area contributed by atoms with Crippen molar-refractivity contribution in [1.29, 1.82) is 0 Å². The molecule has 0 aliphatic rings. The van der Waals surface area contributed by atoms with Gasteiger partial charge in [-0.1, -0.05) is 19.9 Å². The van der Waals surface area contributed by atoms with Crippen LogP contribution in [0.5, 0.6) is 0 Å². The molecular weight excluding hydrogens is 254 g/mol. The normalized spacial score (nSPS) is 13.3. The van der Waals surface area contributed by atoms with Gasteiger partial charge in [0.25, 0.3) is 0 Å². The van der Waals surface area contributed by atoms with Gasteiger partial charge in [-0.05, 0) is 54.5 Å². The van der Waals surface area contributed by atoms with Crippen molar-refractivity contribution >= 4 is 21.4 Å². The summed E-state index contributed by atoms with van der Waals surface area (Å²) in [4.78, 5) is 2.38. The van der Waals surface area contributed by atoms with Gasteiger partial charge >= 0.3 is 0 Å². The first-order chi connectivity index (χ1) is 9.24. The van der Waals surface area contributed by atoms with Crippen LogP contribution in [-0.4, -0.2) is 31.1 Å². The van der Waals surface area contributed by atoms with Crippen LogP contribution >= 0.6 is 11.3 Å². The van der Waals surface area contributed by atoms with Crippen molar-refractivity contribution in [2.45, 2.75) is 26.9 Å². The predicted molar refractivity (Wildman–Crippen MR) is 84.0 cm³/mol. The van der Waals surface area contributed by atoms with Gasteiger partial charge < -0.3 is 9.64 Å². The van der Waals surface area contributed by atoms with Gasteiger partial charge in [0.05, 0.1) is 12.7 Å². The van der Waals surface area contributed by atoms with Crippen molar-refractivity contribution in [2.75, 3.05) is 26.2 Å². The minimum absolute atomic E-state index is 0.167. The molecule has 0 amide bonds. The van der Waals surface area contributed by atoms with Crippen molar-refractivity contribution < 1.29 is 4.74 Å². The zero-order valence-corrected chi connectivity index (χ0v) is 12.9. The molecule has 0 N–H and O–H groups in total. The molecule has 1 unspecified atom stereocenters. The molecule has 2 nitrogen and oxygen atoms in total. The van der Waals surface area contributed by atoms with Gasteiger partial charge in [-0.25, -0.2) is 0 Å². The minimum atomic E-state index is 0.167. The molecule has 2 aromatic rings. The fourth-order valence-electron chi connectivity index (χ4n) is 2.23. The second kappa shape index (κ2) is 7.04. The van der Waals surface area contributed by atoms with Gasteiger partial charge in [0.2, 0.25) is 0 Å². The molecule has 0 radical (unpaired) electrons. The lowest BCUT2D eigenvalue weighted by molar-refractivity contribution is 0.0496. The summed E-state index contributed by atoms with van der Waals surface area (Å²) in [5, 5.41) is 3.46. The Morgan fingerprint density at radius 2 is 2.00 bits per heavy atom. The number of nitrogens with zero attached hydrogens (tertiary/aromatic N) is 1. The van der Waals surface area contributed by atoms with E-state index in [-0.39, 0.29) is 6.10 Å². The maximum Gasteiger partial charge on any atom is 0.0797 e. The number of likely N-dealkylation sites (N-methyl/N-ethyl adjacent to an activating group) is 1. The van der Waals surface area contributed by atoms with E-state index in [2.05, 4.69) is 55.3 Å². The number of benzene rings is 1. The van der Waals surface area contributed by atoms with E-state index in [1.54, 1.807) is 11.3 Å². The van der Waals surface area contributed by atoms with Gasteiger partial charge in [-0.3, -0.25) is 0 Å². The molecule has 1 aromatic heterocycles. The summed E-state index contributed by atoms with van der Waals surface area (Å²) in [6, 6.07) is 8.79. The van der Waals surface area contributed by atoms with Crippen molar-refractivity contribution in [1.82, 2.24) is 4.90 Å². The summed E-state index contributed by atoms with van der Waals surface area (Å²) < 4.78 is 7.30. The molecule has 0 aliphatic carbocycles. The SMILES string of the molecule is CCN(CC)CCOC(C)c1ccc2sccc2c1. The van der Waals surface area contributed by atoms with E-state index >= 15 is 0 Å². The summed E-state index contributed by atoms with van der Waals surface area (Å²) in [5.74, 6) is 0. The van der Waals surface area contributed by atoms with Crippen LogP contribution in [0, 0.1) is 0 Å². The predicted octanol–water partition coefficient (Wildman–Crippen LogP) is 4.32. The number of rotatable bonds is 7. The summed E-state index contributed by atoms with van der Waals surface area (Å²) >= 11 is 1.79. The van der Waals surface area contributed by atoms with Crippen LogP contribution < -0.4 is 0 Å². The van der Waals surface area contributed by atoms with E-state index in [0.717, 1.165) is 26.2 Å². The molecule has 1 atom stereocenters. The van der Waals surface area contributed by atoms with E-state index in [0.29, 0.717) is 0 Å². The average molecular weight is 277 g/mol. The van der Waals surface area contributed by atoms with E-state index in [1.807, 2.05) is 0 Å². The number of fused-ring (bicyclic) bond motifs is 1. The Morgan fingerprint density at radius 1 is 1.21 bits per heavy atom. The molecule has 1 aromatic carbocycles. The Labute approximate surface area is 120 Å². The van der Waals surface area contributed by atoms with E-state index in [9.17, 15) is 0 Å². The van der Waals surface area contributed by atoms with Crippen molar-refractivity contribution in [3.05, 3.63) is 35.2 Å². The van der Waals surface area contributed by atoms with Crippen LogP contribution in [0.25, 0.3) is 10.1 Å². The highest BCUT2D eigenvalue weighted by Gasteiger charge is 2.08. The third kappa shape index (κ3) is 3.78. The molecule has 19 heavy (non-hydrogen) atoms. The second-order valence-electron chi connectivity index (χ2n) is 4.76. The zero-order chi connectivity index (χ0) is 13.7. The van der Waals surface area contributed by atoms with Gasteiger partial charge in [0, 0.05) is 11.2 Å². The maximum absolute atomic E-state index is 5.95. The minimum Gasteiger partial charge on any atom is -0.372 e. The smallest absolute Gasteiger partial charge is 0.0797 e. The van der Waals surface area contributed by atoms with Crippen molar-refractivity contribution in [2.24, 2.45) is 0 Å². The van der Waals surface area contributed by atoms with Crippen LogP contribution in [0.15, 0.2) is 29.6 Å². The standard InChI is InChI=1S/C16H23NOS/c1-4-17(5-2)9-10-18-13(3)14-6-7-16-15(12-14)8-11-19-16/h6-8,11-13H,4-5,9-10H2,1-3H3. The molecular formula is C16H23NOS. The van der Waals surface area contributed by atoms with Crippen LogP contribution in [0.2, 0.25) is 0 Å². The first-order valence-corrected chi connectivity index (χ1v) is 7.93. The van der Waals surface area contributed by atoms with Gasteiger partial charge in [-0.15, -0.1) is 11.3 Å². The quantitative estimate of drug-likeness (QED) is 0.747. The summed E-state index contributed by atoms with van der Waals surface area (Å²) in [6.07, 6.45) is 0.167. The van der Waals surface area contributed by atoms with Crippen LogP contribution in [0.3, 0.4) is 0 Å². The molecule has 0 bridgehead atoms. The second-order valence-corrected chi connectivity index (χ2v) is 5.71. The monoisotopic (exact) mass is 277 g/mol. The number of hydrogen-bond donors (Lipinski definition) is 0. The Morgan fingerprint density at radius 3 is 2.74 bits per heavy atom. The van der Waals surface area contributed by atoms with Crippen molar-refractivity contribution in [3.8, 4) is 0 Å². The first kappa shape index (κ1) is 14.5. The zero-order valence-electron chi connectivity index (χ0n) is 12.1. The lowest BCUT2D eigenvalue weighted by Crippen LogP contribution is -2.27. The topological polar surface area (TPSA) is 12.5 Å². The molecule has 0 spiro atoms. The third-order valence-corrected chi connectivity index (χ3v) is 4.51. The van der Waals surface area contributed by atoms with E-state index in [4.69, 9.17) is 4.74 Å². The highest BCUT2D eigenvalue weighted by atomic mass is 32.1. The molecule has 3 heteroatoms. The summed E-state index contributed by atoms with van der Waals surface area (Å²) in [7, 11) is 0. The van der Waals surface area contributed by atoms with Gasteiger partial charge in [0.15, 0.2) is 0 Å². The van der Waals surface area contributed by atoms with E-state index in [1.165, 1.54) is 15.6 Å². The number of hydrogen-bond acceptors (Lipinski definition) is 3. The Balaban J connectivity index is 1.90. The number of thiophene rings is 1. The van der Waals surface area contributed by atoms with Gasteiger partial charge in [-0.2, -0.15) is 0 Å². The Bertz CT molecular complexity index is 504. The molecule has 2 rings (SSSR count). The largest absolute Gasteiger partial charge is 0.372 e. The molecule has 104 valence electrons. The van der Waals surface area contributed by atoms with E-state index < -0.39 is 0 Å². The molecule has 0 fully saturated rings. The van der Waals surface area contributed by atoms with Crippen LogP contribution in [0.4, 0.5) is 0 Å². The lowest BCUT2D eigenvalue weighted by atomic mass is 10.1. The van der Waals surface area contributed by atoms with Gasteiger partial charge in [0.1, 0.15) is 0 Å². The first-order valence-electron chi connectivity index (χ1n) is 7.05. The van der Waals surface area contributed by atoms with Crippen LogP contribution in [0.1, 0.15) is 32.4 Å². The Hall–Kier alpha value is -0.900. The highest BCUT2D eigenvalue weighted by Crippen LogP contribution is 2.25. The lowest BCUT2D eigenvalue weighted by Gasteiger charge is -2.20. The molecule has 1 heterocycles. The van der Waals surface area contributed by atoms with Crippen molar-refractivity contribution in [3.63, 3.8) is 0 Å². The van der Waals surface area contributed by atoms with Crippen LogP contribution in [-0.2, 0) is 4.74 Å². The maximum atomic E-state index is 5.95. The highest BCUT2D eigenvalue weighted by molar-refractivity contribution is 7.17. The summed E-state index contributed by atoms with van der Waals surface area (Å²) in [6.45, 7) is 10.5. The number of ether oxygens (including phenoxy) is 1. The molecule has 0 saturated carbocycles. The molecule has 0 saturated heterocycles. The third-order valence-electron chi connectivity index (χ3n) is 3.62. The Kier molecular flexibility index (Phi) is 5.37. The summed E-state index contributed by atoms with van der Waals surface area (Å²) in [5.41, 5.74) is 1.27.